The summed E-state index contributed by atoms with van der Waals surface area (Å²) in [6.45, 7) is 0. The van der Waals surface area contributed by atoms with Gasteiger partial charge in [-0.05, 0) is 106 Å². The van der Waals surface area contributed by atoms with Gasteiger partial charge in [0.15, 0.2) is 0 Å². The lowest BCUT2D eigenvalue weighted by Gasteiger charge is -2.42. The van der Waals surface area contributed by atoms with Gasteiger partial charge in [-0.15, -0.1) is 0 Å². The molecule has 13 aromatic rings. The van der Waals surface area contributed by atoms with Gasteiger partial charge in [-0.3, -0.25) is 9.97 Å². The zero-order chi connectivity index (χ0) is 45.1. The maximum absolute atomic E-state index is 5.70. The summed E-state index contributed by atoms with van der Waals surface area (Å²) >= 11 is 0. The van der Waals surface area contributed by atoms with Crippen molar-refractivity contribution in [1.29, 1.82) is 0 Å². The Bertz CT molecular complexity index is 4370. The van der Waals surface area contributed by atoms with Crippen LogP contribution in [-0.2, 0) is 5.41 Å². The molecule has 0 amide bonds. The fourth-order valence-electron chi connectivity index (χ4n) is 15.5. The van der Waals surface area contributed by atoms with Crippen molar-refractivity contribution in [3.63, 3.8) is 0 Å². The summed E-state index contributed by atoms with van der Waals surface area (Å²) in [5.41, 5.74) is 27.0. The normalized spacial score (nSPS) is 19.0. The standard InChI is InChI=1S/C67H39N3/c1-3-18-37(19-4-1)67(38-20-5-2-6-21-38)50-32-31-36-17-7-8-22-39(36)53(50)48-33-49-58-51(34-68-64-56-44-27-13-9-23-40(44)54(60(58)64)41-24-10-14-28-45(41)56)70-52-35-69-65-57-46-29-15-11-25-42(46)55(43-26-12-16-30-47(43)57)61(65)59(52)62(63(48)67)66(49)70/h1-35,54-57H. The number of rotatable bonds is 2. The van der Waals surface area contributed by atoms with Crippen molar-refractivity contribution in [2.45, 2.75) is 29.1 Å². The lowest BCUT2D eigenvalue weighted by Crippen LogP contribution is -2.30. The predicted octanol–water partition coefficient (Wildman–Crippen LogP) is 15.1. The molecule has 322 valence electrons. The fourth-order valence-corrected chi connectivity index (χ4v) is 15.5. The maximum Gasteiger partial charge on any atom is 0.0729 e. The Morgan fingerprint density at radius 2 is 0.829 bits per heavy atom. The molecule has 0 spiro atoms. The molecule has 7 aliphatic rings. The molecule has 4 aromatic heterocycles. The Labute approximate surface area is 403 Å². The van der Waals surface area contributed by atoms with Crippen LogP contribution in [0.25, 0.3) is 60.0 Å². The largest absolute Gasteiger partial charge is 0.305 e. The van der Waals surface area contributed by atoms with Gasteiger partial charge in [-0.1, -0.05) is 194 Å². The molecule has 0 radical (unpaired) electrons. The Balaban J connectivity index is 1.10. The highest BCUT2D eigenvalue weighted by Gasteiger charge is 2.52. The molecule has 0 fully saturated rings. The van der Waals surface area contributed by atoms with Gasteiger partial charge >= 0.3 is 0 Å². The molecule has 0 saturated carbocycles. The summed E-state index contributed by atoms with van der Waals surface area (Å²) in [5, 5.41) is 7.82. The third kappa shape index (κ3) is 3.98. The summed E-state index contributed by atoms with van der Waals surface area (Å²) in [4.78, 5) is 11.3. The van der Waals surface area contributed by atoms with Gasteiger partial charge < -0.3 is 4.40 Å². The molecule has 4 heterocycles. The number of nitrogens with zero attached hydrogens (tertiary/aromatic N) is 3. The topological polar surface area (TPSA) is 30.2 Å². The van der Waals surface area contributed by atoms with Crippen LogP contribution in [-0.4, -0.2) is 14.4 Å². The van der Waals surface area contributed by atoms with Crippen LogP contribution in [0.3, 0.4) is 0 Å². The summed E-state index contributed by atoms with van der Waals surface area (Å²) in [6, 6.07) is 76.1. The van der Waals surface area contributed by atoms with Crippen molar-refractivity contribution in [3.8, 4) is 11.1 Å². The van der Waals surface area contributed by atoms with Crippen LogP contribution in [0.2, 0.25) is 0 Å². The molecule has 9 aromatic carbocycles. The van der Waals surface area contributed by atoms with Gasteiger partial charge in [-0.2, -0.15) is 0 Å². The molecule has 0 atom stereocenters. The molecule has 0 saturated heterocycles. The van der Waals surface area contributed by atoms with Crippen molar-refractivity contribution in [1.82, 2.24) is 14.4 Å². The molecule has 3 heteroatoms. The smallest absolute Gasteiger partial charge is 0.0729 e. The van der Waals surface area contributed by atoms with Crippen molar-refractivity contribution in [2.24, 2.45) is 0 Å². The third-order valence-electron chi connectivity index (χ3n) is 17.8. The van der Waals surface area contributed by atoms with Crippen LogP contribution in [0, 0.1) is 0 Å². The first kappa shape index (κ1) is 36.4. The number of hydrogen-bond acceptors (Lipinski definition) is 2. The van der Waals surface area contributed by atoms with E-state index >= 15 is 0 Å². The van der Waals surface area contributed by atoms with E-state index in [1.807, 2.05) is 0 Å². The Kier molecular flexibility index (Phi) is 6.50. The van der Waals surface area contributed by atoms with E-state index in [0.29, 0.717) is 0 Å². The van der Waals surface area contributed by atoms with Gasteiger partial charge in [0, 0.05) is 33.4 Å². The van der Waals surface area contributed by atoms with Gasteiger partial charge in [0.2, 0.25) is 0 Å². The molecule has 20 rings (SSSR count). The molecular formula is C67H39N3. The van der Waals surface area contributed by atoms with Crippen molar-refractivity contribution in [2.75, 3.05) is 0 Å². The van der Waals surface area contributed by atoms with E-state index in [0.717, 1.165) is 11.0 Å². The van der Waals surface area contributed by atoms with E-state index in [4.69, 9.17) is 9.97 Å². The maximum atomic E-state index is 5.70. The van der Waals surface area contributed by atoms with Crippen molar-refractivity contribution < 1.29 is 0 Å². The quantitative estimate of drug-likeness (QED) is 0.173. The molecule has 3 nitrogen and oxygen atoms in total. The van der Waals surface area contributed by atoms with E-state index in [2.05, 4.69) is 217 Å². The molecule has 0 aliphatic heterocycles. The highest BCUT2D eigenvalue weighted by atomic mass is 15.0. The summed E-state index contributed by atoms with van der Waals surface area (Å²) < 4.78 is 2.61. The molecule has 7 aliphatic carbocycles. The zero-order valence-corrected chi connectivity index (χ0v) is 37.9. The van der Waals surface area contributed by atoms with E-state index in [1.54, 1.807) is 0 Å². The highest BCUT2D eigenvalue weighted by molar-refractivity contribution is 6.29. The minimum absolute atomic E-state index is 0.0266. The minimum Gasteiger partial charge on any atom is -0.305 e. The van der Waals surface area contributed by atoms with Crippen LogP contribution in [0.4, 0.5) is 0 Å². The second kappa shape index (κ2) is 12.5. The Hall–Kier alpha value is -8.66. The van der Waals surface area contributed by atoms with Gasteiger partial charge in [0.05, 0.1) is 57.6 Å². The number of fused-ring (bicyclic) bond motifs is 12. The first-order valence-electron chi connectivity index (χ1n) is 24.9. The van der Waals surface area contributed by atoms with E-state index in [1.165, 1.54) is 138 Å². The van der Waals surface area contributed by atoms with Crippen molar-refractivity contribution >= 4 is 48.9 Å². The fraction of sp³-hybridized carbons (Fsp3) is 0.0746. The summed E-state index contributed by atoms with van der Waals surface area (Å²) in [7, 11) is 0. The van der Waals surface area contributed by atoms with Gasteiger partial charge in [0.1, 0.15) is 0 Å². The SMILES string of the molecule is c1ccc(C2(c3ccccc3)c3ccc4ccccc4c3-c3cc4c5c6c(ncc5n5c7cnc8c(c7c(c32)c45)C2c3ccccc3C8c3ccccc32)C2c3ccccc3C6c3ccccc32)cc1. The third-order valence-corrected chi connectivity index (χ3v) is 17.8. The van der Waals surface area contributed by atoms with Crippen LogP contribution in [0.1, 0.15) is 113 Å². The molecular weight excluding hydrogens is 847 g/mol. The van der Waals surface area contributed by atoms with Gasteiger partial charge in [-0.25, -0.2) is 0 Å². The van der Waals surface area contributed by atoms with E-state index in [-0.39, 0.29) is 23.7 Å². The minimum atomic E-state index is -0.655. The van der Waals surface area contributed by atoms with E-state index < -0.39 is 5.41 Å². The number of aromatic nitrogens is 3. The zero-order valence-electron chi connectivity index (χ0n) is 37.9. The molecule has 4 bridgehead atoms. The van der Waals surface area contributed by atoms with E-state index in [9.17, 15) is 0 Å². The van der Waals surface area contributed by atoms with Crippen LogP contribution in [0.5, 0.6) is 0 Å². The average Bonchev–Trinajstić information content (AvgIpc) is 4.07. The Morgan fingerprint density at radius 3 is 1.36 bits per heavy atom. The second-order valence-electron chi connectivity index (χ2n) is 20.5. The van der Waals surface area contributed by atoms with Gasteiger partial charge in [0.25, 0.3) is 0 Å². The first-order chi connectivity index (χ1) is 34.8. The molecule has 0 unspecified atom stereocenters. The number of benzene rings is 9. The lowest BCUT2D eigenvalue weighted by molar-refractivity contribution is 0.734. The lowest BCUT2D eigenvalue weighted by atomic mass is 9.61. The Morgan fingerprint density at radius 1 is 0.386 bits per heavy atom. The molecule has 0 N–H and O–H groups in total. The number of pyridine rings is 2. The van der Waals surface area contributed by atoms with Crippen molar-refractivity contribution in [3.05, 3.63) is 302 Å². The predicted molar refractivity (Wildman–Crippen MR) is 281 cm³/mol. The number of hydrogen-bond donors (Lipinski definition) is 0. The average molecular weight is 886 g/mol. The highest BCUT2D eigenvalue weighted by Crippen LogP contribution is 2.66. The van der Waals surface area contributed by atoms with Crippen LogP contribution in [0.15, 0.2) is 213 Å². The monoisotopic (exact) mass is 885 g/mol. The first-order valence-corrected chi connectivity index (χ1v) is 24.9. The van der Waals surface area contributed by atoms with Crippen LogP contribution < -0.4 is 0 Å². The second-order valence-corrected chi connectivity index (χ2v) is 20.5. The summed E-state index contributed by atoms with van der Waals surface area (Å²) in [6.07, 6.45) is 4.47. The summed E-state index contributed by atoms with van der Waals surface area (Å²) in [5.74, 6) is 0.195. The van der Waals surface area contributed by atoms with Crippen LogP contribution >= 0.6 is 0 Å². The molecule has 70 heavy (non-hydrogen) atoms.